The molecule has 22 heavy (non-hydrogen) atoms. The summed E-state index contributed by atoms with van der Waals surface area (Å²) in [4.78, 5) is 0. The number of rotatable bonds is 19. The van der Waals surface area contributed by atoms with Crippen LogP contribution in [0.25, 0.3) is 0 Å². The molecular formula is C21H41O. The van der Waals surface area contributed by atoms with Crippen LogP contribution in [-0.2, 0) is 4.74 Å². The molecule has 0 amide bonds. The van der Waals surface area contributed by atoms with E-state index in [1.54, 1.807) is 6.08 Å². The predicted octanol–water partition coefficient (Wildman–Crippen LogP) is 7.61. The minimum Gasteiger partial charge on any atom is -0.371 e. The van der Waals surface area contributed by atoms with Gasteiger partial charge in [0.2, 0.25) is 0 Å². The Labute approximate surface area is 140 Å². The van der Waals surface area contributed by atoms with Crippen molar-refractivity contribution in [3.05, 3.63) is 19.3 Å². The second kappa shape index (κ2) is 20.7. The van der Waals surface area contributed by atoms with Crippen molar-refractivity contribution in [2.24, 2.45) is 0 Å². The van der Waals surface area contributed by atoms with Crippen molar-refractivity contribution in [2.75, 3.05) is 6.61 Å². The van der Waals surface area contributed by atoms with Gasteiger partial charge in [-0.3, -0.25) is 0 Å². The molecule has 0 saturated carbocycles. The highest BCUT2D eigenvalue weighted by Crippen LogP contribution is 2.13. The van der Waals surface area contributed by atoms with Gasteiger partial charge in [0.1, 0.15) is 0 Å². The molecule has 0 N–H and O–H groups in total. The molecule has 1 radical (unpaired) electrons. The number of ether oxygens (including phenoxy) is 1. The largest absolute Gasteiger partial charge is 0.371 e. The molecule has 0 spiro atoms. The van der Waals surface area contributed by atoms with E-state index in [0.29, 0.717) is 6.61 Å². The predicted molar refractivity (Wildman–Crippen MR) is 100.0 cm³/mol. The first-order chi connectivity index (χ1) is 10.9. The Kier molecular flexibility index (Phi) is 20.4. The molecule has 1 heteroatoms. The second-order valence-corrected chi connectivity index (χ2v) is 6.53. The van der Waals surface area contributed by atoms with Crippen LogP contribution < -0.4 is 0 Å². The third-order valence-corrected chi connectivity index (χ3v) is 4.26. The van der Waals surface area contributed by atoms with Crippen LogP contribution >= 0.6 is 0 Å². The van der Waals surface area contributed by atoms with E-state index in [-0.39, 0.29) is 0 Å². The van der Waals surface area contributed by atoms with E-state index in [1.807, 2.05) is 6.61 Å². The molecule has 0 atom stereocenters. The summed E-state index contributed by atoms with van der Waals surface area (Å²) in [6.45, 7) is 8.50. The molecule has 0 bridgehead atoms. The van der Waals surface area contributed by atoms with Crippen LogP contribution in [0.1, 0.15) is 110 Å². The quantitative estimate of drug-likeness (QED) is 0.176. The molecule has 0 heterocycles. The fourth-order valence-electron chi connectivity index (χ4n) is 2.82. The zero-order chi connectivity index (χ0) is 16.1. The molecule has 0 aliphatic rings. The lowest BCUT2D eigenvalue weighted by atomic mass is 10.0. The topological polar surface area (TPSA) is 9.23 Å². The van der Waals surface area contributed by atoms with Gasteiger partial charge in [0, 0.05) is 0 Å². The van der Waals surface area contributed by atoms with Gasteiger partial charge in [-0.2, -0.15) is 0 Å². The van der Waals surface area contributed by atoms with Crippen molar-refractivity contribution < 1.29 is 4.74 Å². The minimum absolute atomic E-state index is 0.652. The molecule has 0 unspecified atom stereocenters. The van der Waals surface area contributed by atoms with Gasteiger partial charge in [0.15, 0.2) is 0 Å². The molecule has 0 rings (SSSR count). The van der Waals surface area contributed by atoms with Crippen LogP contribution in [0.4, 0.5) is 0 Å². The Morgan fingerprint density at radius 3 is 1.45 bits per heavy atom. The average Bonchev–Trinajstić information content (AvgIpc) is 2.54. The first kappa shape index (κ1) is 21.7. The molecule has 1 nitrogen and oxygen atoms in total. The SMILES string of the molecule is C=CCO[CH]CCCCCCCCCCCCCCCCC. The highest BCUT2D eigenvalue weighted by atomic mass is 16.5. The first-order valence-corrected chi connectivity index (χ1v) is 9.96. The standard InChI is InChI=1S/C21H41O/c1-3-5-6-7-8-9-10-11-12-13-14-15-16-17-18-19-21-22-20-4-2/h4,21H,2-3,5-20H2,1H3. The van der Waals surface area contributed by atoms with E-state index in [4.69, 9.17) is 4.74 Å². The lowest BCUT2D eigenvalue weighted by molar-refractivity contribution is 0.222. The van der Waals surface area contributed by atoms with Crippen LogP contribution in [0.2, 0.25) is 0 Å². The monoisotopic (exact) mass is 309 g/mol. The van der Waals surface area contributed by atoms with E-state index >= 15 is 0 Å². The van der Waals surface area contributed by atoms with Crippen molar-refractivity contribution in [1.29, 1.82) is 0 Å². The number of unbranched alkanes of at least 4 members (excludes halogenated alkanes) is 15. The fourth-order valence-corrected chi connectivity index (χ4v) is 2.82. The maximum absolute atomic E-state index is 5.26. The summed E-state index contributed by atoms with van der Waals surface area (Å²) in [6.07, 6.45) is 24.2. The van der Waals surface area contributed by atoms with E-state index in [9.17, 15) is 0 Å². The maximum Gasteiger partial charge on any atom is 0.0841 e. The number of hydrogen-bond donors (Lipinski definition) is 0. The molecule has 0 aromatic heterocycles. The molecule has 131 valence electrons. The van der Waals surface area contributed by atoms with Crippen LogP contribution in [0.15, 0.2) is 12.7 Å². The molecule has 0 aliphatic heterocycles. The Hall–Kier alpha value is -0.300. The van der Waals surface area contributed by atoms with Gasteiger partial charge in [-0.05, 0) is 6.42 Å². The Morgan fingerprint density at radius 2 is 1.05 bits per heavy atom. The van der Waals surface area contributed by atoms with E-state index in [0.717, 1.165) is 6.42 Å². The van der Waals surface area contributed by atoms with Crippen molar-refractivity contribution in [3.63, 3.8) is 0 Å². The Bertz CT molecular complexity index is 200. The highest BCUT2D eigenvalue weighted by molar-refractivity contribution is 4.65. The molecule has 0 aromatic rings. The number of hydrogen-bond acceptors (Lipinski definition) is 1. The van der Waals surface area contributed by atoms with Crippen molar-refractivity contribution in [1.82, 2.24) is 0 Å². The van der Waals surface area contributed by atoms with E-state index in [2.05, 4.69) is 13.5 Å². The van der Waals surface area contributed by atoms with Crippen molar-refractivity contribution >= 4 is 0 Å². The van der Waals surface area contributed by atoms with Crippen LogP contribution in [-0.4, -0.2) is 6.61 Å². The summed E-state index contributed by atoms with van der Waals surface area (Å²) in [7, 11) is 0. The minimum atomic E-state index is 0.652. The zero-order valence-corrected chi connectivity index (χ0v) is 15.3. The summed E-state index contributed by atoms with van der Waals surface area (Å²) in [6, 6.07) is 0. The fraction of sp³-hybridized carbons (Fsp3) is 0.857. The highest BCUT2D eigenvalue weighted by Gasteiger charge is 1.94. The molecule has 0 saturated heterocycles. The summed E-state index contributed by atoms with van der Waals surface area (Å²) in [5, 5.41) is 0. The average molecular weight is 310 g/mol. The Morgan fingerprint density at radius 1 is 0.636 bits per heavy atom. The molecule has 0 aromatic carbocycles. The van der Waals surface area contributed by atoms with Crippen molar-refractivity contribution in [3.8, 4) is 0 Å². The van der Waals surface area contributed by atoms with Gasteiger partial charge in [0.25, 0.3) is 0 Å². The zero-order valence-electron chi connectivity index (χ0n) is 15.3. The van der Waals surface area contributed by atoms with Crippen LogP contribution in [0.5, 0.6) is 0 Å². The second-order valence-electron chi connectivity index (χ2n) is 6.53. The third kappa shape index (κ3) is 19.7. The summed E-state index contributed by atoms with van der Waals surface area (Å²) >= 11 is 0. The summed E-state index contributed by atoms with van der Waals surface area (Å²) in [5.41, 5.74) is 0. The van der Waals surface area contributed by atoms with Gasteiger partial charge in [0.05, 0.1) is 13.2 Å². The van der Waals surface area contributed by atoms with Crippen molar-refractivity contribution in [2.45, 2.75) is 110 Å². The van der Waals surface area contributed by atoms with E-state index in [1.165, 1.54) is 96.3 Å². The van der Waals surface area contributed by atoms with E-state index < -0.39 is 0 Å². The van der Waals surface area contributed by atoms with Gasteiger partial charge >= 0.3 is 0 Å². The van der Waals surface area contributed by atoms with Gasteiger partial charge in [-0.25, -0.2) is 0 Å². The summed E-state index contributed by atoms with van der Waals surface area (Å²) < 4.78 is 5.26. The van der Waals surface area contributed by atoms with Gasteiger partial charge < -0.3 is 4.74 Å². The van der Waals surface area contributed by atoms with Crippen LogP contribution in [0, 0.1) is 6.61 Å². The third-order valence-electron chi connectivity index (χ3n) is 4.26. The Balaban J connectivity index is 2.92. The molecule has 0 fully saturated rings. The first-order valence-electron chi connectivity index (χ1n) is 9.96. The van der Waals surface area contributed by atoms with Gasteiger partial charge in [-0.1, -0.05) is 109 Å². The van der Waals surface area contributed by atoms with Crippen LogP contribution in [0.3, 0.4) is 0 Å². The maximum atomic E-state index is 5.26. The lowest BCUT2D eigenvalue weighted by Crippen LogP contribution is -1.88. The normalized spacial score (nSPS) is 11.0. The van der Waals surface area contributed by atoms with Gasteiger partial charge in [-0.15, -0.1) is 6.58 Å². The molecule has 0 aliphatic carbocycles. The lowest BCUT2D eigenvalue weighted by Gasteiger charge is -2.03. The summed E-state index contributed by atoms with van der Waals surface area (Å²) in [5.74, 6) is 0. The smallest absolute Gasteiger partial charge is 0.0841 e. The molecular weight excluding hydrogens is 268 g/mol.